The summed E-state index contributed by atoms with van der Waals surface area (Å²) in [4.78, 5) is -0.243. The molecule has 0 aliphatic rings. The summed E-state index contributed by atoms with van der Waals surface area (Å²) in [5.41, 5.74) is 0. The lowest BCUT2D eigenvalue weighted by molar-refractivity contribution is 0.503. The number of allylic oxidation sites excluding steroid dienone is 1. The first-order valence-corrected chi connectivity index (χ1v) is 7.48. The third-order valence-corrected chi connectivity index (χ3v) is 3.35. The fourth-order valence-electron chi connectivity index (χ4n) is 1.92. The molecule has 0 aromatic heterocycles. The van der Waals surface area contributed by atoms with Crippen LogP contribution in [0.3, 0.4) is 0 Å². The van der Waals surface area contributed by atoms with E-state index < -0.39 is 0 Å². The number of alkyl halides is 2. The second kappa shape index (κ2) is 11.8. The Morgan fingerprint density at radius 2 is 1.56 bits per heavy atom. The summed E-state index contributed by atoms with van der Waals surface area (Å²) >= 11 is 11.5. The molecule has 96 valence electrons. The fraction of sp³-hybridized carbons (Fsp3) is 0.857. The first-order valence-electron chi connectivity index (χ1n) is 6.61. The van der Waals surface area contributed by atoms with Gasteiger partial charge >= 0.3 is 0 Å². The molecule has 0 aromatic rings. The number of rotatable bonds is 11. The molecule has 1 atom stereocenters. The van der Waals surface area contributed by atoms with Crippen molar-refractivity contribution in [3.8, 4) is 0 Å². The van der Waals surface area contributed by atoms with Crippen molar-refractivity contribution in [3.63, 3.8) is 0 Å². The minimum Gasteiger partial charge on any atom is -0.105 e. The van der Waals surface area contributed by atoms with Crippen LogP contribution in [0, 0.1) is 5.92 Å². The van der Waals surface area contributed by atoms with E-state index in [1.54, 1.807) is 0 Å². The van der Waals surface area contributed by atoms with Crippen LogP contribution in [0.4, 0.5) is 0 Å². The van der Waals surface area contributed by atoms with Crippen molar-refractivity contribution >= 4 is 23.2 Å². The molecule has 0 aromatic carbocycles. The van der Waals surface area contributed by atoms with Gasteiger partial charge in [0.1, 0.15) is 4.84 Å². The molecule has 0 fully saturated rings. The van der Waals surface area contributed by atoms with Gasteiger partial charge in [-0.25, -0.2) is 0 Å². The third kappa shape index (κ3) is 10.8. The van der Waals surface area contributed by atoms with Crippen LogP contribution in [0.25, 0.3) is 0 Å². The van der Waals surface area contributed by atoms with Crippen molar-refractivity contribution in [1.82, 2.24) is 0 Å². The maximum absolute atomic E-state index is 5.77. The van der Waals surface area contributed by atoms with Crippen molar-refractivity contribution < 1.29 is 0 Å². The van der Waals surface area contributed by atoms with Crippen LogP contribution >= 0.6 is 23.2 Å². The number of hydrogen-bond donors (Lipinski definition) is 0. The van der Waals surface area contributed by atoms with Crippen molar-refractivity contribution in [2.75, 3.05) is 0 Å². The molecule has 0 radical (unpaired) electrons. The molecule has 0 N–H and O–H groups in total. The predicted molar refractivity (Wildman–Crippen MR) is 76.4 cm³/mol. The Labute approximate surface area is 111 Å². The molecule has 0 amide bonds. The van der Waals surface area contributed by atoms with E-state index in [0.717, 1.165) is 6.42 Å². The van der Waals surface area contributed by atoms with E-state index >= 15 is 0 Å². The Hall–Kier alpha value is 0.320. The Balaban J connectivity index is 3.31. The highest BCUT2D eigenvalue weighted by atomic mass is 35.5. The van der Waals surface area contributed by atoms with Crippen LogP contribution < -0.4 is 0 Å². The second-order valence-corrected chi connectivity index (χ2v) is 5.81. The average Bonchev–Trinajstić information content (AvgIpc) is 2.25. The molecule has 16 heavy (non-hydrogen) atoms. The van der Waals surface area contributed by atoms with Crippen LogP contribution in [0.2, 0.25) is 0 Å². The zero-order valence-electron chi connectivity index (χ0n) is 10.6. The highest BCUT2D eigenvalue weighted by Crippen LogP contribution is 2.21. The Bertz CT molecular complexity index is 155. The maximum Gasteiger partial charge on any atom is 0.108 e. The van der Waals surface area contributed by atoms with Gasteiger partial charge in [-0.15, -0.1) is 29.8 Å². The molecule has 0 aliphatic heterocycles. The second-order valence-electron chi connectivity index (χ2n) is 4.53. The highest BCUT2D eigenvalue weighted by Gasteiger charge is 2.08. The summed E-state index contributed by atoms with van der Waals surface area (Å²) < 4.78 is 0. The van der Waals surface area contributed by atoms with Crippen LogP contribution in [0.5, 0.6) is 0 Å². The van der Waals surface area contributed by atoms with Gasteiger partial charge in [0.15, 0.2) is 0 Å². The van der Waals surface area contributed by atoms with Gasteiger partial charge < -0.3 is 0 Å². The molecular formula is C14H26Cl2. The van der Waals surface area contributed by atoms with Crippen molar-refractivity contribution in [2.45, 2.75) is 69.5 Å². The van der Waals surface area contributed by atoms with Gasteiger partial charge in [0.25, 0.3) is 0 Å². The van der Waals surface area contributed by atoms with Gasteiger partial charge in [-0.3, -0.25) is 0 Å². The molecule has 0 bridgehead atoms. The molecule has 0 saturated heterocycles. The van der Waals surface area contributed by atoms with Crippen molar-refractivity contribution in [2.24, 2.45) is 5.92 Å². The summed E-state index contributed by atoms with van der Waals surface area (Å²) in [6.45, 7) is 6.09. The minimum atomic E-state index is -0.243. The van der Waals surface area contributed by atoms with Crippen LogP contribution in [-0.4, -0.2) is 4.84 Å². The quantitative estimate of drug-likeness (QED) is 0.240. The topological polar surface area (TPSA) is 0 Å². The maximum atomic E-state index is 5.77. The van der Waals surface area contributed by atoms with Gasteiger partial charge in [-0.05, 0) is 18.8 Å². The molecule has 0 saturated carbocycles. The first-order chi connectivity index (χ1) is 7.70. The van der Waals surface area contributed by atoms with Gasteiger partial charge in [0.2, 0.25) is 0 Å². The molecule has 0 aliphatic carbocycles. The molecule has 1 unspecified atom stereocenters. The number of hydrogen-bond acceptors (Lipinski definition) is 0. The van der Waals surface area contributed by atoms with E-state index in [-0.39, 0.29) is 4.84 Å². The van der Waals surface area contributed by atoms with E-state index in [1.165, 1.54) is 51.4 Å². The minimum absolute atomic E-state index is 0.243. The lowest BCUT2D eigenvalue weighted by atomic mass is 9.98. The van der Waals surface area contributed by atoms with Crippen LogP contribution in [-0.2, 0) is 0 Å². The predicted octanol–water partition coefficient (Wildman–Crippen LogP) is 6.12. The van der Waals surface area contributed by atoms with E-state index in [0.29, 0.717) is 5.92 Å². The zero-order valence-corrected chi connectivity index (χ0v) is 12.1. The normalized spacial score (nSPS) is 13.0. The fourth-order valence-corrected chi connectivity index (χ4v) is 2.38. The third-order valence-electron chi connectivity index (χ3n) is 2.99. The molecular weight excluding hydrogens is 239 g/mol. The van der Waals surface area contributed by atoms with Gasteiger partial charge in [-0.2, -0.15) is 0 Å². The van der Waals surface area contributed by atoms with E-state index in [2.05, 4.69) is 13.5 Å². The summed E-state index contributed by atoms with van der Waals surface area (Å²) in [7, 11) is 0. The lowest BCUT2D eigenvalue weighted by Gasteiger charge is -2.12. The number of halogens is 2. The van der Waals surface area contributed by atoms with Gasteiger partial charge in [0, 0.05) is 0 Å². The Kier molecular flexibility index (Phi) is 12.0. The number of unbranched alkanes of at least 4 members (excludes halogenated alkanes) is 6. The van der Waals surface area contributed by atoms with Crippen molar-refractivity contribution in [1.29, 1.82) is 0 Å². The SMILES string of the molecule is C=CC(CCCCCCCCC)CC(Cl)Cl. The Morgan fingerprint density at radius 3 is 2.06 bits per heavy atom. The summed E-state index contributed by atoms with van der Waals surface area (Å²) in [6.07, 6.45) is 13.5. The van der Waals surface area contributed by atoms with Crippen LogP contribution in [0.1, 0.15) is 64.7 Å². The van der Waals surface area contributed by atoms with E-state index in [4.69, 9.17) is 23.2 Å². The lowest BCUT2D eigenvalue weighted by Crippen LogP contribution is -2.01. The summed E-state index contributed by atoms with van der Waals surface area (Å²) in [5, 5.41) is 0. The first kappa shape index (κ1) is 16.3. The smallest absolute Gasteiger partial charge is 0.105 e. The molecule has 0 heterocycles. The van der Waals surface area contributed by atoms with E-state index in [9.17, 15) is 0 Å². The standard InChI is InChI=1S/C14H26Cl2/c1-3-5-6-7-8-9-10-11-13(4-2)12-14(15)16/h4,13-14H,2-3,5-12H2,1H3. The summed E-state index contributed by atoms with van der Waals surface area (Å²) in [6, 6.07) is 0. The van der Waals surface area contributed by atoms with Gasteiger partial charge in [-0.1, -0.05) is 57.9 Å². The van der Waals surface area contributed by atoms with E-state index in [1.807, 2.05) is 6.08 Å². The molecule has 0 rings (SSSR count). The molecule has 2 heteroatoms. The summed E-state index contributed by atoms with van der Waals surface area (Å²) in [5.74, 6) is 0.496. The van der Waals surface area contributed by atoms with Crippen molar-refractivity contribution in [3.05, 3.63) is 12.7 Å². The largest absolute Gasteiger partial charge is 0.108 e. The van der Waals surface area contributed by atoms with Crippen LogP contribution in [0.15, 0.2) is 12.7 Å². The molecule has 0 spiro atoms. The average molecular weight is 265 g/mol. The zero-order chi connectivity index (χ0) is 12.2. The highest BCUT2D eigenvalue weighted by molar-refractivity contribution is 6.44. The molecule has 0 nitrogen and oxygen atoms in total. The monoisotopic (exact) mass is 264 g/mol. The Morgan fingerprint density at radius 1 is 1.00 bits per heavy atom. The van der Waals surface area contributed by atoms with Gasteiger partial charge in [0.05, 0.1) is 0 Å².